The molecule has 3 aromatic rings. The summed E-state index contributed by atoms with van der Waals surface area (Å²) in [6, 6.07) is 8.53. The minimum Gasteiger partial charge on any atom is -0.497 e. The molecule has 0 spiro atoms. The summed E-state index contributed by atoms with van der Waals surface area (Å²) in [6.07, 6.45) is 3.94. The summed E-state index contributed by atoms with van der Waals surface area (Å²) in [6.45, 7) is 5.37. The van der Waals surface area contributed by atoms with Crippen molar-refractivity contribution in [2.45, 2.75) is 58.3 Å². The molecule has 1 aromatic carbocycles. The second-order valence-electron chi connectivity index (χ2n) is 8.66. The highest BCUT2D eigenvalue weighted by Crippen LogP contribution is 2.27. The first-order chi connectivity index (χ1) is 15.6. The molecule has 32 heavy (non-hydrogen) atoms. The van der Waals surface area contributed by atoms with Crippen molar-refractivity contribution in [3.63, 3.8) is 0 Å². The van der Waals surface area contributed by atoms with Gasteiger partial charge in [-0.15, -0.1) is 11.3 Å². The molecule has 2 aromatic heterocycles. The molecule has 1 aliphatic heterocycles. The van der Waals surface area contributed by atoms with E-state index in [4.69, 9.17) is 9.84 Å². The Morgan fingerprint density at radius 1 is 1.28 bits per heavy atom. The topological polar surface area (TPSA) is 72.3 Å². The van der Waals surface area contributed by atoms with Crippen LogP contribution in [0.15, 0.2) is 29.8 Å². The van der Waals surface area contributed by atoms with Crippen LogP contribution in [0.5, 0.6) is 5.75 Å². The smallest absolute Gasteiger partial charge is 0.272 e. The predicted octanol–water partition coefficient (Wildman–Crippen LogP) is 3.35. The Hall–Kier alpha value is -2.71. The van der Waals surface area contributed by atoms with Gasteiger partial charge in [-0.05, 0) is 37.5 Å². The number of methoxy groups -OCH3 is 1. The van der Waals surface area contributed by atoms with Crippen molar-refractivity contribution in [3.05, 3.63) is 62.9 Å². The minimum atomic E-state index is -0.0252. The van der Waals surface area contributed by atoms with Crippen LogP contribution in [0.25, 0.3) is 0 Å². The number of aromatic nitrogens is 3. The molecule has 0 unspecified atom stereocenters. The molecule has 8 heteroatoms. The molecule has 0 radical (unpaired) electrons. The number of thiazole rings is 1. The maximum atomic E-state index is 13.0. The van der Waals surface area contributed by atoms with Gasteiger partial charge < -0.3 is 10.1 Å². The Morgan fingerprint density at radius 3 is 2.78 bits per heavy atom. The lowest BCUT2D eigenvalue weighted by molar-refractivity contribution is 0.0943. The Labute approximate surface area is 192 Å². The highest BCUT2D eigenvalue weighted by molar-refractivity contribution is 7.09. The zero-order chi connectivity index (χ0) is 22.1. The third-order valence-electron chi connectivity index (χ3n) is 6.30. The first kappa shape index (κ1) is 21.2. The summed E-state index contributed by atoms with van der Waals surface area (Å²) in [5.41, 5.74) is 7.13. The molecule has 3 heterocycles. The maximum absolute atomic E-state index is 13.0. The number of fused-ring (bicyclic) bond motifs is 1. The second kappa shape index (κ2) is 9.03. The largest absolute Gasteiger partial charge is 0.497 e. The van der Waals surface area contributed by atoms with Crippen molar-refractivity contribution in [2.75, 3.05) is 13.7 Å². The number of hydrogen-bond donors (Lipinski definition) is 1. The molecule has 2 aliphatic rings. The number of carbonyl (C=O) groups excluding carboxylic acids is 1. The van der Waals surface area contributed by atoms with E-state index in [9.17, 15) is 4.79 Å². The number of amides is 1. The molecule has 1 amide bonds. The van der Waals surface area contributed by atoms with Crippen molar-refractivity contribution in [2.24, 2.45) is 0 Å². The minimum absolute atomic E-state index is 0.0252. The van der Waals surface area contributed by atoms with Gasteiger partial charge in [0.15, 0.2) is 5.69 Å². The van der Waals surface area contributed by atoms with Crippen molar-refractivity contribution in [1.29, 1.82) is 0 Å². The van der Waals surface area contributed by atoms with Crippen LogP contribution in [0.3, 0.4) is 0 Å². The Balaban J connectivity index is 1.35. The van der Waals surface area contributed by atoms with Crippen LogP contribution < -0.4 is 10.1 Å². The molecule has 7 nitrogen and oxygen atoms in total. The van der Waals surface area contributed by atoms with Gasteiger partial charge in [-0.1, -0.05) is 12.1 Å². The summed E-state index contributed by atoms with van der Waals surface area (Å²) in [4.78, 5) is 21.0. The third kappa shape index (κ3) is 4.56. The predicted molar refractivity (Wildman–Crippen MR) is 124 cm³/mol. The van der Waals surface area contributed by atoms with Crippen LogP contribution in [0.1, 0.15) is 50.7 Å². The molecular weight excluding hydrogens is 422 g/mol. The SMILES string of the molecule is COc1ccc(CN2CCc3c(c(C(=O)NC4CC4)nn3CCc3scnc3C)C2)cc1. The highest BCUT2D eigenvalue weighted by atomic mass is 32.1. The summed E-state index contributed by atoms with van der Waals surface area (Å²) < 4.78 is 7.34. The van der Waals surface area contributed by atoms with Gasteiger partial charge in [0, 0.05) is 61.2 Å². The van der Waals surface area contributed by atoms with Crippen LogP contribution in [-0.4, -0.2) is 45.3 Å². The van der Waals surface area contributed by atoms with Crippen molar-refractivity contribution in [1.82, 2.24) is 25.0 Å². The van der Waals surface area contributed by atoms with Crippen LogP contribution in [-0.2, 0) is 32.5 Å². The van der Waals surface area contributed by atoms with E-state index < -0.39 is 0 Å². The molecule has 0 atom stereocenters. The van der Waals surface area contributed by atoms with Gasteiger partial charge in [-0.2, -0.15) is 5.10 Å². The second-order valence-corrected chi connectivity index (χ2v) is 9.60. The number of nitrogens with zero attached hydrogens (tertiary/aromatic N) is 4. The molecule has 1 aliphatic carbocycles. The van der Waals surface area contributed by atoms with Crippen LogP contribution in [0.2, 0.25) is 0 Å². The Bertz CT molecular complexity index is 1100. The molecule has 1 fully saturated rings. The average molecular weight is 452 g/mol. The third-order valence-corrected chi connectivity index (χ3v) is 7.30. The lowest BCUT2D eigenvalue weighted by Crippen LogP contribution is -2.32. The number of benzene rings is 1. The highest BCUT2D eigenvalue weighted by Gasteiger charge is 2.31. The van der Waals surface area contributed by atoms with Gasteiger partial charge in [-0.25, -0.2) is 4.98 Å². The fourth-order valence-corrected chi connectivity index (χ4v) is 5.06. The number of carbonyl (C=O) groups is 1. The lowest BCUT2D eigenvalue weighted by Gasteiger charge is -2.28. The fourth-order valence-electron chi connectivity index (χ4n) is 4.29. The molecule has 168 valence electrons. The Morgan fingerprint density at radius 2 is 2.09 bits per heavy atom. The molecule has 1 saturated carbocycles. The number of rotatable bonds is 8. The quantitative estimate of drug-likeness (QED) is 0.569. The monoisotopic (exact) mass is 451 g/mol. The fraction of sp³-hybridized carbons (Fsp3) is 0.458. The molecule has 0 saturated heterocycles. The van der Waals surface area contributed by atoms with Crippen molar-refractivity contribution < 1.29 is 9.53 Å². The van der Waals surface area contributed by atoms with E-state index in [1.165, 1.54) is 16.1 Å². The zero-order valence-corrected chi connectivity index (χ0v) is 19.5. The van der Waals surface area contributed by atoms with E-state index >= 15 is 0 Å². The van der Waals surface area contributed by atoms with Crippen LogP contribution >= 0.6 is 11.3 Å². The first-order valence-corrected chi connectivity index (χ1v) is 12.1. The van der Waals surface area contributed by atoms with Gasteiger partial charge in [0.2, 0.25) is 0 Å². The summed E-state index contributed by atoms with van der Waals surface area (Å²) >= 11 is 1.69. The number of aryl methyl sites for hydroxylation is 3. The van der Waals surface area contributed by atoms with E-state index in [2.05, 4.69) is 38.9 Å². The maximum Gasteiger partial charge on any atom is 0.272 e. The summed E-state index contributed by atoms with van der Waals surface area (Å²) in [5.74, 6) is 0.842. The Kier molecular flexibility index (Phi) is 5.97. The first-order valence-electron chi connectivity index (χ1n) is 11.2. The molecule has 5 rings (SSSR count). The van der Waals surface area contributed by atoms with Crippen molar-refractivity contribution >= 4 is 17.2 Å². The number of ether oxygens (including phenoxy) is 1. The van der Waals surface area contributed by atoms with Crippen molar-refractivity contribution in [3.8, 4) is 5.75 Å². The van der Waals surface area contributed by atoms with Gasteiger partial charge in [0.05, 0.1) is 18.3 Å². The van der Waals surface area contributed by atoms with E-state index in [0.717, 1.165) is 68.9 Å². The molecule has 0 bridgehead atoms. The molecular formula is C24H29N5O2S. The number of hydrogen-bond acceptors (Lipinski definition) is 6. The van der Waals surface area contributed by atoms with Crippen LogP contribution in [0.4, 0.5) is 0 Å². The van der Waals surface area contributed by atoms with Gasteiger partial charge >= 0.3 is 0 Å². The summed E-state index contributed by atoms with van der Waals surface area (Å²) in [7, 11) is 1.68. The van der Waals surface area contributed by atoms with E-state index in [1.807, 2.05) is 17.6 Å². The molecule has 1 N–H and O–H groups in total. The zero-order valence-electron chi connectivity index (χ0n) is 18.6. The van der Waals surface area contributed by atoms with Gasteiger partial charge in [-0.3, -0.25) is 14.4 Å². The average Bonchev–Trinajstić information content (AvgIpc) is 3.41. The van der Waals surface area contributed by atoms with E-state index in [0.29, 0.717) is 11.7 Å². The van der Waals surface area contributed by atoms with E-state index in [-0.39, 0.29) is 5.91 Å². The summed E-state index contributed by atoms with van der Waals surface area (Å²) in [5, 5.41) is 7.95. The number of nitrogens with one attached hydrogen (secondary N) is 1. The van der Waals surface area contributed by atoms with Gasteiger partial charge in [0.25, 0.3) is 5.91 Å². The van der Waals surface area contributed by atoms with Gasteiger partial charge in [0.1, 0.15) is 5.75 Å². The lowest BCUT2D eigenvalue weighted by atomic mass is 10.0. The standard InChI is InChI=1S/C24H29N5O2S/c1-16-22(32-15-25-16)10-12-29-21-9-11-28(13-17-3-7-19(31-2)8-4-17)14-20(21)23(27-29)24(30)26-18-5-6-18/h3-4,7-8,15,18H,5-6,9-14H2,1-2H3,(H,26,30). The van der Waals surface area contributed by atoms with E-state index in [1.54, 1.807) is 18.4 Å². The van der Waals surface area contributed by atoms with Crippen LogP contribution in [0, 0.1) is 6.92 Å². The normalized spacial score (nSPS) is 16.1.